The summed E-state index contributed by atoms with van der Waals surface area (Å²) in [6, 6.07) is 1.97. The van der Waals surface area contributed by atoms with E-state index in [0.29, 0.717) is 12.1 Å². The van der Waals surface area contributed by atoms with E-state index in [4.69, 9.17) is 5.26 Å². The molecule has 0 fully saturated rings. The highest BCUT2D eigenvalue weighted by Gasteiger charge is 2.15. The average molecular weight is 219 g/mol. The van der Waals surface area contributed by atoms with Crippen molar-refractivity contribution in [3.05, 3.63) is 17.2 Å². The van der Waals surface area contributed by atoms with Gasteiger partial charge in [0.05, 0.1) is 0 Å². The predicted molar refractivity (Wildman–Crippen MR) is 61.2 cm³/mol. The second-order valence-electron chi connectivity index (χ2n) is 3.80. The van der Waals surface area contributed by atoms with Crippen molar-refractivity contribution in [3.63, 3.8) is 0 Å². The standard InChI is InChI=1S/C12H17N3O/c1-3-5-7-11-14-9(8-13)12(15-11)10(16)6-4-2/h3-7H2,1-2H3,(H,14,15). The minimum atomic E-state index is -0.0192. The third kappa shape index (κ3) is 2.93. The van der Waals surface area contributed by atoms with Gasteiger partial charge in [-0.3, -0.25) is 4.79 Å². The van der Waals surface area contributed by atoms with Gasteiger partial charge in [0.1, 0.15) is 17.6 Å². The molecule has 0 radical (unpaired) electrons. The Morgan fingerprint density at radius 2 is 2.19 bits per heavy atom. The molecule has 1 heterocycles. The van der Waals surface area contributed by atoms with Gasteiger partial charge in [-0.05, 0) is 12.8 Å². The van der Waals surface area contributed by atoms with Crippen LogP contribution >= 0.6 is 0 Å². The average Bonchev–Trinajstić information content (AvgIpc) is 2.70. The highest BCUT2D eigenvalue weighted by molar-refractivity contribution is 5.96. The molecule has 1 aromatic rings. The lowest BCUT2D eigenvalue weighted by Crippen LogP contribution is -2.01. The number of hydrogen-bond donors (Lipinski definition) is 1. The molecule has 4 nitrogen and oxygen atoms in total. The monoisotopic (exact) mass is 219 g/mol. The van der Waals surface area contributed by atoms with Crippen molar-refractivity contribution in [1.82, 2.24) is 9.97 Å². The molecule has 0 bridgehead atoms. The fraction of sp³-hybridized carbons (Fsp3) is 0.583. The Hall–Kier alpha value is -1.63. The summed E-state index contributed by atoms with van der Waals surface area (Å²) in [6.45, 7) is 4.04. The van der Waals surface area contributed by atoms with Crippen LogP contribution in [0.2, 0.25) is 0 Å². The molecule has 16 heavy (non-hydrogen) atoms. The Bertz CT molecular complexity index is 401. The number of carbonyl (C=O) groups is 1. The predicted octanol–water partition coefficient (Wildman–Crippen LogP) is 2.61. The minimum absolute atomic E-state index is 0.0192. The van der Waals surface area contributed by atoms with Gasteiger partial charge in [0.25, 0.3) is 0 Å². The van der Waals surface area contributed by atoms with Crippen LogP contribution in [-0.2, 0) is 6.42 Å². The largest absolute Gasteiger partial charge is 0.338 e. The Balaban J connectivity index is 2.87. The van der Waals surface area contributed by atoms with E-state index in [1.165, 1.54) is 0 Å². The molecule has 1 aromatic heterocycles. The number of nitriles is 1. The third-order valence-electron chi connectivity index (χ3n) is 2.38. The zero-order chi connectivity index (χ0) is 12.0. The maximum Gasteiger partial charge on any atom is 0.182 e. The Kier molecular flexibility index (Phi) is 4.71. The number of nitrogens with one attached hydrogen (secondary N) is 1. The SMILES string of the molecule is CCCCc1nc(C#N)c(C(=O)CCC)[nH]1. The number of rotatable bonds is 6. The zero-order valence-corrected chi connectivity index (χ0v) is 9.84. The molecular formula is C12H17N3O. The first-order valence-corrected chi connectivity index (χ1v) is 5.75. The van der Waals surface area contributed by atoms with Crippen LogP contribution in [0.1, 0.15) is 61.5 Å². The molecule has 0 unspecified atom stereocenters. The third-order valence-corrected chi connectivity index (χ3v) is 2.38. The number of aromatic amines is 1. The number of aryl methyl sites for hydroxylation is 1. The van der Waals surface area contributed by atoms with Crippen LogP contribution in [0.3, 0.4) is 0 Å². The number of carbonyl (C=O) groups excluding carboxylic acids is 1. The molecule has 1 N–H and O–H groups in total. The summed E-state index contributed by atoms with van der Waals surface area (Å²) in [5, 5.41) is 8.89. The smallest absolute Gasteiger partial charge is 0.182 e. The van der Waals surface area contributed by atoms with E-state index in [0.717, 1.165) is 31.5 Å². The Labute approximate surface area is 95.7 Å². The van der Waals surface area contributed by atoms with Gasteiger partial charge < -0.3 is 4.98 Å². The lowest BCUT2D eigenvalue weighted by molar-refractivity contribution is 0.0977. The summed E-state index contributed by atoms with van der Waals surface area (Å²) in [5.41, 5.74) is 0.625. The highest BCUT2D eigenvalue weighted by Crippen LogP contribution is 2.11. The molecule has 0 aliphatic carbocycles. The first-order valence-electron chi connectivity index (χ1n) is 5.75. The number of H-pyrrole nitrogens is 1. The van der Waals surface area contributed by atoms with Crippen molar-refractivity contribution < 1.29 is 4.79 Å². The lowest BCUT2D eigenvalue weighted by atomic mass is 10.1. The summed E-state index contributed by atoms with van der Waals surface area (Å²) in [4.78, 5) is 18.8. The van der Waals surface area contributed by atoms with E-state index in [1.807, 2.05) is 13.0 Å². The Morgan fingerprint density at radius 1 is 1.44 bits per heavy atom. The van der Waals surface area contributed by atoms with Crippen LogP contribution in [0, 0.1) is 11.3 Å². The summed E-state index contributed by atoms with van der Waals surface area (Å²) in [7, 11) is 0. The van der Waals surface area contributed by atoms with Gasteiger partial charge in [-0.15, -0.1) is 0 Å². The van der Waals surface area contributed by atoms with Gasteiger partial charge in [0.2, 0.25) is 0 Å². The van der Waals surface area contributed by atoms with E-state index >= 15 is 0 Å². The number of Topliss-reactive ketones (excluding diaryl/α,β-unsaturated/α-hetero) is 1. The molecule has 4 heteroatoms. The van der Waals surface area contributed by atoms with Crippen LogP contribution in [-0.4, -0.2) is 15.8 Å². The number of aromatic nitrogens is 2. The highest BCUT2D eigenvalue weighted by atomic mass is 16.1. The number of unbranched alkanes of at least 4 members (excludes halogenated alkanes) is 1. The molecule has 0 saturated carbocycles. The fourth-order valence-electron chi connectivity index (χ4n) is 1.52. The second-order valence-corrected chi connectivity index (χ2v) is 3.80. The first kappa shape index (κ1) is 12.4. The molecule has 0 spiro atoms. The quantitative estimate of drug-likeness (QED) is 0.747. The van der Waals surface area contributed by atoms with Crippen LogP contribution in [0.15, 0.2) is 0 Å². The van der Waals surface area contributed by atoms with Crippen molar-refractivity contribution in [2.45, 2.75) is 46.0 Å². The van der Waals surface area contributed by atoms with Crippen LogP contribution in [0.25, 0.3) is 0 Å². The number of imidazole rings is 1. The van der Waals surface area contributed by atoms with Gasteiger partial charge in [-0.1, -0.05) is 20.3 Å². The molecule has 0 aliphatic heterocycles. The number of hydrogen-bond acceptors (Lipinski definition) is 3. The van der Waals surface area contributed by atoms with Gasteiger partial charge in [0, 0.05) is 12.8 Å². The van der Waals surface area contributed by atoms with Crippen molar-refractivity contribution in [3.8, 4) is 6.07 Å². The van der Waals surface area contributed by atoms with E-state index in [-0.39, 0.29) is 11.5 Å². The van der Waals surface area contributed by atoms with Crippen molar-refractivity contribution in [2.24, 2.45) is 0 Å². The maximum absolute atomic E-state index is 11.7. The summed E-state index contributed by atoms with van der Waals surface area (Å²) >= 11 is 0. The molecule has 0 atom stereocenters. The molecule has 0 aromatic carbocycles. The topological polar surface area (TPSA) is 69.5 Å². The van der Waals surface area contributed by atoms with Gasteiger partial charge in [-0.25, -0.2) is 4.98 Å². The van der Waals surface area contributed by atoms with E-state index in [9.17, 15) is 4.79 Å². The lowest BCUT2D eigenvalue weighted by Gasteiger charge is -1.95. The molecule has 0 aliphatic rings. The van der Waals surface area contributed by atoms with Gasteiger partial charge >= 0.3 is 0 Å². The minimum Gasteiger partial charge on any atom is -0.338 e. The van der Waals surface area contributed by atoms with Crippen molar-refractivity contribution in [1.29, 1.82) is 5.26 Å². The maximum atomic E-state index is 11.7. The van der Waals surface area contributed by atoms with E-state index in [2.05, 4.69) is 16.9 Å². The normalized spacial score (nSPS) is 10.1. The summed E-state index contributed by atoms with van der Waals surface area (Å²) in [6.07, 6.45) is 4.13. The van der Waals surface area contributed by atoms with Crippen LogP contribution < -0.4 is 0 Å². The molecule has 86 valence electrons. The molecular weight excluding hydrogens is 202 g/mol. The van der Waals surface area contributed by atoms with Gasteiger partial charge in [0.15, 0.2) is 11.5 Å². The molecule has 0 saturated heterocycles. The van der Waals surface area contributed by atoms with Crippen LogP contribution in [0.4, 0.5) is 0 Å². The zero-order valence-electron chi connectivity index (χ0n) is 9.84. The summed E-state index contributed by atoms with van der Waals surface area (Å²) < 4.78 is 0. The number of ketones is 1. The van der Waals surface area contributed by atoms with E-state index in [1.54, 1.807) is 0 Å². The Morgan fingerprint density at radius 3 is 2.75 bits per heavy atom. The fourth-order valence-corrected chi connectivity index (χ4v) is 1.52. The van der Waals surface area contributed by atoms with Crippen LogP contribution in [0.5, 0.6) is 0 Å². The second kappa shape index (κ2) is 6.06. The number of nitrogens with zero attached hydrogens (tertiary/aromatic N) is 2. The molecule has 0 amide bonds. The van der Waals surface area contributed by atoms with Gasteiger partial charge in [-0.2, -0.15) is 5.26 Å². The van der Waals surface area contributed by atoms with Crippen molar-refractivity contribution >= 4 is 5.78 Å². The van der Waals surface area contributed by atoms with E-state index < -0.39 is 0 Å². The summed E-state index contributed by atoms with van der Waals surface area (Å²) in [5.74, 6) is 0.729. The molecule has 1 rings (SSSR count). The van der Waals surface area contributed by atoms with Crippen molar-refractivity contribution in [2.75, 3.05) is 0 Å². The first-order chi connectivity index (χ1) is 7.72.